The van der Waals surface area contributed by atoms with Crippen molar-refractivity contribution in [3.63, 3.8) is 0 Å². The molecule has 0 aliphatic carbocycles. The number of para-hydroxylation sites is 1. The van der Waals surface area contributed by atoms with Crippen molar-refractivity contribution in [3.8, 4) is 5.75 Å². The molecule has 1 aliphatic heterocycles. The summed E-state index contributed by atoms with van der Waals surface area (Å²) in [6.45, 7) is 3.04. The molecule has 12 nitrogen and oxygen atoms in total. The molecule has 1 aromatic heterocycles. The highest BCUT2D eigenvalue weighted by Gasteiger charge is 2.36. The van der Waals surface area contributed by atoms with Gasteiger partial charge in [0.2, 0.25) is 10.0 Å². The fraction of sp³-hybridized carbons (Fsp3) is 0.385. The predicted octanol–water partition coefficient (Wildman–Crippen LogP) is 1.90. The Bertz CT molecular complexity index is 1630. The average molecular weight is 610 g/mol. The van der Waals surface area contributed by atoms with Gasteiger partial charge in [-0.1, -0.05) is 13.0 Å². The monoisotopic (exact) mass is 609 g/mol. The zero-order valence-electron chi connectivity index (χ0n) is 22.9. The second kappa shape index (κ2) is 11.8. The molecule has 0 saturated heterocycles. The van der Waals surface area contributed by atoms with Crippen molar-refractivity contribution in [2.24, 2.45) is 13.0 Å². The van der Waals surface area contributed by atoms with Crippen LogP contribution in [0, 0.1) is 11.7 Å². The summed E-state index contributed by atoms with van der Waals surface area (Å²) in [5.41, 5.74) is -0.00582. The molecule has 0 unspecified atom stereocenters. The number of anilines is 1. The Morgan fingerprint density at radius 1 is 1.20 bits per heavy atom. The Balaban J connectivity index is 1.76. The Morgan fingerprint density at radius 2 is 1.88 bits per heavy atom. The molecular weight excluding hydrogens is 577 g/mol. The Hall–Kier alpha value is -3.53. The van der Waals surface area contributed by atoms with Crippen molar-refractivity contribution in [1.29, 1.82) is 0 Å². The number of ether oxygens (including phenoxy) is 1. The maximum absolute atomic E-state index is 13.6. The molecule has 222 valence electrons. The first-order valence-electron chi connectivity index (χ1n) is 12.7. The quantitative estimate of drug-likeness (QED) is 0.373. The van der Waals surface area contributed by atoms with Crippen LogP contribution in [-0.4, -0.2) is 85.5 Å². The van der Waals surface area contributed by atoms with Crippen LogP contribution in [0.3, 0.4) is 0 Å². The van der Waals surface area contributed by atoms with Crippen LogP contribution >= 0.6 is 0 Å². The lowest BCUT2D eigenvalue weighted by Gasteiger charge is -2.38. The van der Waals surface area contributed by atoms with Gasteiger partial charge in [0.15, 0.2) is 10.8 Å². The van der Waals surface area contributed by atoms with E-state index in [9.17, 15) is 31.1 Å². The smallest absolute Gasteiger partial charge is 0.281 e. The number of aliphatic hydroxyl groups is 1. The Labute approximate surface area is 238 Å². The number of rotatable bonds is 9. The summed E-state index contributed by atoms with van der Waals surface area (Å²) in [5, 5.41) is 9.61. The molecule has 41 heavy (non-hydrogen) atoms. The van der Waals surface area contributed by atoms with E-state index in [1.807, 2.05) is 0 Å². The third-order valence-electron chi connectivity index (χ3n) is 6.85. The number of halogens is 1. The van der Waals surface area contributed by atoms with Crippen molar-refractivity contribution < 1.29 is 35.9 Å². The first-order valence-corrected chi connectivity index (χ1v) is 15.6. The maximum Gasteiger partial charge on any atom is 0.281 e. The van der Waals surface area contributed by atoms with Crippen LogP contribution in [0.15, 0.2) is 64.9 Å². The third-order valence-corrected chi connectivity index (χ3v) is 9.94. The van der Waals surface area contributed by atoms with Gasteiger partial charge in [0.05, 0.1) is 41.7 Å². The number of aromatic nitrogens is 2. The number of likely N-dealkylation sites (N-methyl/N-ethyl adjacent to an activating group) is 1. The first-order chi connectivity index (χ1) is 19.2. The number of nitrogens with zero attached hydrogens (tertiary/aromatic N) is 4. The van der Waals surface area contributed by atoms with Crippen molar-refractivity contribution in [1.82, 2.24) is 18.8 Å². The maximum atomic E-state index is 13.6. The highest BCUT2D eigenvalue weighted by atomic mass is 32.2. The lowest BCUT2D eigenvalue weighted by Crippen LogP contribution is -2.50. The van der Waals surface area contributed by atoms with Crippen LogP contribution < -0.4 is 9.46 Å². The second-order valence-electron chi connectivity index (χ2n) is 10.0. The highest BCUT2D eigenvalue weighted by Crippen LogP contribution is 2.36. The standard InChI is InChI=1S/C26H32FN5O7S2/c1-17-12-32(18(2)15-33)26(34)21-6-5-7-22(29-40(35,36)24-14-30(3)16-28-24)25(21)39-23(17)13-31(4)41(37,38)20-10-8-19(27)9-11-20/h5-11,14,16-18,23,29,33H,12-13,15H2,1-4H3/t17-,18+,23-/m1/s1. The molecule has 1 aliphatic rings. The molecule has 3 atom stereocenters. The Morgan fingerprint density at radius 3 is 2.49 bits per heavy atom. The third kappa shape index (κ3) is 6.37. The number of fused-ring (bicyclic) bond motifs is 1. The van der Waals surface area contributed by atoms with Gasteiger partial charge in [-0.25, -0.2) is 17.8 Å². The van der Waals surface area contributed by atoms with Crippen LogP contribution in [0.4, 0.5) is 10.1 Å². The molecule has 0 saturated carbocycles. The Kier molecular flexibility index (Phi) is 8.73. The number of hydrogen-bond acceptors (Lipinski definition) is 8. The molecular formula is C26H32FN5O7S2. The van der Waals surface area contributed by atoms with Gasteiger partial charge in [-0.3, -0.25) is 9.52 Å². The van der Waals surface area contributed by atoms with E-state index >= 15 is 0 Å². The number of imidazole rings is 1. The van der Waals surface area contributed by atoms with Gasteiger partial charge in [0.1, 0.15) is 11.9 Å². The van der Waals surface area contributed by atoms with E-state index in [2.05, 4.69) is 9.71 Å². The number of amides is 1. The number of nitrogens with one attached hydrogen (secondary N) is 1. The molecule has 1 amide bonds. The molecule has 0 bridgehead atoms. The van der Waals surface area contributed by atoms with Crippen LogP contribution in [0.25, 0.3) is 0 Å². The normalized spacial score (nSPS) is 18.8. The van der Waals surface area contributed by atoms with Crippen LogP contribution in [0.2, 0.25) is 0 Å². The molecule has 0 radical (unpaired) electrons. The first kappa shape index (κ1) is 30.4. The fourth-order valence-corrected chi connectivity index (χ4v) is 6.63. The van der Waals surface area contributed by atoms with Gasteiger partial charge in [0, 0.05) is 32.8 Å². The van der Waals surface area contributed by atoms with Gasteiger partial charge in [-0.15, -0.1) is 0 Å². The van der Waals surface area contributed by atoms with E-state index in [1.165, 1.54) is 47.2 Å². The summed E-state index contributed by atoms with van der Waals surface area (Å²) in [6, 6.07) is 8.21. The summed E-state index contributed by atoms with van der Waals surface area (Å²) < 4.78 is 77.4. The number of carbonyl (C=O) groups is 1. The summed E-state index contributed by atoms with van der Waals surface area (Å²) in [6.07, 6.45) is 1.77. The lowest BCUT2D eigenvalue weighted by atomic mass is 9.99. The van der Waals surface area contributed by atoms with Crippen molar-refractivity contribution in [2.75, 3.05) is 31.5 Å². The number of hydrogen-bond donors (Lipinski definition) is 2. The molecule has 2 aromatic carbocycles. The minimum absolute atomic E-state index is 0.0347. The molecule has 0 fully saturated rings. The molecule has 4 rings (SSSR count). The SMILES string of the molecule is C[C@@H]1CN([C@@H](C)CO)C(=O)c2cccc(NS(=O)(=O)c3cn(C)cn3)c2O[C@@H]1CN(C)S(=O)(=O)c1ccc(F)cc1. The highest BCUT2D eigenvalue weighted by molar-refractivity contribution is 7.92. The molecule has 15 heteroatoms. The van der Waals surface area contributed by atoms with Crippen molar-refractivity contribution >= 4 is 31.6 Å². The van der Waals surface area contributed by atoms with E-state index in [-0.39, 0.29) is 46.6 Å². The van der Waals surface area contributed by atoms with Crippen molar-refractivity contribution in [2.45, 2.75) is 35.9 Å². The molecule has 3 aromatic rings. The van der Waals surface area contributed by atoms with Gasteiger partial charge >= 0.3 is 0 Å². The van der Waals surface area contributed by atoms with Crippen LogP contribution in [0.1, 0.15) is 24.2 Å². The minimum Gasteiger partial charge on any atom is -0.486 e. The number of aryl methyl sites for hydroxylation is 1. The lowest BCUT2D eigenvalue weighted by molar-refractivity contribution is 0.0389. The van der Waals surface area contributed by atoms with Crippen LogP contribution in [-0.2, 0) is 27.1 Å². The van der Waals surface area contributed by atoms with Gasteiger partial charge in [-0.2, -0.15) is 12.7 Å². The number of sulfonamides is 2. The van der Waals surface area contributed by atoms with Gasteiger partial charge in [0.25, 0.3) is 15.9 Å². The molecule has 0 spiro atoms. The number of benzene rings is 2. The van der Waals surface area contributed by atoms with E-state index in [0.717, 1.165) is 28.6 Å². The van der Waals surface area contributed by atoms with Gasteiger partial charge in [-0.05, 0) is 43.3 Å². The average Bonchev–Trinajstić information content (AvgIpc) is 3.38. The predicted molar refractivity (Wildman–Crippen MR) is 148 cm³/mol. The zero-order valence-corrected chi connectivity index (χ0v) is 24.6. The number of aliphatic hydroxyl groups excluding tert-OH is 1. The molecule has 2 N–H and O–H groups in total. The van der Waals surface area contributed by atoms with E-state index in [1.54, 1.807) is 20.9 Å². The van der Waals surface area contributed by atoms with Gasteiger partial charge < -0.3 is 19.3 Å². The molecule has 2 heterocycles. The van der Waals surface area contributed by atoms with E-state index in [0.29, 0.717) is 0 Å². The number of carbonyl (C=O) groups excluding carboxylic acids is 1. The second-order valence-corrected chi connectivity index (χ2v) is 13.7. The summed E-state index contributed by atoms with van der Waals surface area (Å²) in [4.78, 5) is 18.9. The summed E-state index contributed by atoms with van der Waals surface area (Å²) in [7, 11) is -5.26. The minimum atomic E-state index is -4.18. The summed E-state index contributed by atoms with van der Waals surface area (Å²) in [5.74, 6) is -1.62. The summed E-state index contributed by atoms with van der Waals surface area (Å²) >= 11 is 0. The largest absolute Gasteiger partial charge is 0.486 e. The topological polar surface area (TPSA) is 151 Å². The van der Waals surface area contributed by atoms with E-state index < -0.39 is 49.8 Å². The zero-order chi connectivity index (χ0) is 30.1. The van der Waals surface area contributed by atoms with Crippen molar-refractivity contribution in [3.05, 3.63) is 66.4 Å². The van der Waals surface area contributed by atoms with E-state index in [4.69, 9.17) is 4.74 Å². The fourth-order valence-electron chi connectivity index (χ4n) is 4.40. The van der Waals surface area contributed by atoms with Crippen LogP contribution in [0.5, 0.6) is 5.75 Å².